The van der Waals surface area contributed by atoms with Crippen molar-refractivity contribution in [1.29, 1.82) is 0 Å². The maximum Gasteiger partial charge on any atom is 0.487 e. The topological polar surface area (TPSA) is 31.4 Å². The van der Waals surface area contributed by atoms with Gasteiger partial charge in [-0.15, -0.1) is 0 Å². The SMILES string of the molecule is CC1(C)OB(C=Cc2ccccn2)OC1(C)C. The van der Waals surface area contributed by atoms with Crippen LogP contribution in [-0.4, -0.2) is 23.3 Å². The smallest absolute Gasteiger partial charge is 0.400 e. The van der Waals surface area contributed by atoms with E-state index in [1.54, 1.807) is 6.20 Å². The molecule has 1 aromatic rings. The highest BCUT2D eigenvalue weighted by molar-refractivity contribution is 6.52. The lowest BCUT2D eigenvalue weighted by molar-refractivity contribution is 0.00578. The van der Waals surface area contributed by atoms with Gasteiger partial charge in [0.2, 0.25) is 0 Å². The van der Waals surface area contributed by atoms with Crippen LogP contribution in [0.3, 0.4) is 0 Å². The summed E-state index contributed by atoms with van der Waals surface area (Å²) < 4.78 is 11.7. The van der Waals surface area contributed by atoms with E-state index in [9.17, 15) is 0 Å². The monoisotopic (exact) mass is 231 g/mol. The zero-order valence-corrected chi connectivity index (χ0v) is 10.8. The van der Waals surface area contributed by atoms with Gasteiger partial charge in [-0.05, 0) is 45.9 Å². The van der Waals surface area contributed by atoms with Gasteiger partial charge >= 0.3 is 7.12 Å². The van der Waals surface area contributed by atoms with E-state index in [4.69, 9.17) is 9.31 Å². The van der Waals surface area contributed by atoms with Crippen molar-refractivity contribution in [2.24, 2.45) is 0 Å². The van der Waals surface area contributed by atoms with Gasteiger partial charge in [-0.3, -0.25) is 4.98 Å². The molecule has 0 spiro atoms. The zero-order valence-electron chi connectivity index (χ0n) is 10.8. The molecule has 1 fully saturated rings. The summed E-state index contributed by atoms with van der Waals surface area (Å²) in [6, 6.07) is 5.80. The van der Waals surface area contributed by atoms with Crippen LogP contribution < -0.4 is 0 Å². The van der Waals surface area contributed by atoms with Crippen molar-refractivity contribution in [2.45, 2.75) is 38.9 Å². The Morgan fingerprint density at radius 3 is 2.29 bits per heavy atom. The average Bonchev–Trinajstić information content (AvgIpc) is 2.46. The lowest BCUT2D eigenvalue weighted by atomic mass is 9.90. The number of aromatic nitrogens is 1. The summed E-state index contributed by atoms with van der Waals surface area (Å²) in [6.45, 7) is 8.17. The molecule has 1 saturated heterocycles. The van der Waals surface area contributed by atoms with Crippen molar-refractivity contribution in [3.63, 3.8) is 0 Å². The first kappa shape index (κ1) is 12.3. The van der Waals surface area contributed by atoms with Crippen LogP contribution in [0.2, 0.25) is 0 Å². The van der Waals surface area contributed by atoms with Gasteiger partial charge in [-0.25, -0.2) is 0 Å². The van der Waals surface area contributed by atoms with E-state index in [0.29, 0.717) is 0 Å². The highest BCUT2D eigenvalue weighted by Crippen LogP contribution is 2.36. The fraction of sp³-hybridized carbons (Fsp3) is 0.462. The summed E-state index contributed by atoms with van der Waals surface area (Å²) in [5.74, 6) is 1.90. The Hall–Kier alpha value is -1.13. The predicted molar refractivity (Wildman–Crippen MR) is 69.4 cm³/mol. The minimum Gasteiger partial charge on any atom is -0.400 e. The first-order valence-corrected chi connectivity index (χ1v) is 5.86. The van der Waals surface area contributed by atoms with Crippen LogP contribution in [0.25, 0.3) is 6.08 Å². The van der Waals surface area contributed by atoms with E-state index in [2.05, 4.69) is 4.98 Å². The van der Waals surface area contributed by atoms with Crippen LogP contribution in [0.5, 0.6) is 0 Å². The molecular weight excluding hydrogens is 213 g/mol. The van der Waals surface area contributed by atoms with Crippen LogP contribution in [0.15, 0.2) is 30.4 Å². The quantitative estimate of drug-likeness (QED) is 0.733. The number of hydrogen-bond acceptors (Lipinski definition) is 3. The van der Waals surface area contributed by atoms with Gasteiger partial charge < -0.3 is 9.31 Å². The van der Waals surface area contributed by atoms with E-state index >= 15 is 0 Å². The molecule has 17 heavy (non-hydrogen) atoms. The summed E-state index contributed by atoms with van der Waals surface area (Å²) in [4.78, 5) is 4.21. The Balaban J connectivity index is 2.06. The van der Waals surface area contributed by atoms with E-state index in [1.165, 1.54) is 0 Å². The summed E-state index contributed by atoms with van der Waals surface area (Å²) in [6.07, 6.45) is 3.69. The van der Waals surface area contributed by atoms with Crippen LogP contribution in [-0.2, 0) is 9.31 Å². The standard InChI is InChI=1S/C13H18BNO2/c1-12(2)13(3,4)17-14(16-12)9-8-11-7-5-6-10-15-11/h5-10H,1-4H3. The molecule has 1 aromatic heterocycles. The van der Waals surface area contributed by atoms with Gasteiger partial charge in [0, 0.05) is 6.20 Å². The Bertz CT molecular complexity index is 399. The normalized spacial score (nSPS) is 22.2. The minimum absolute atomic E-state index is 0.286. The summed E-state index contributed by atoms with van der Waals surface area (Å²) in [7, 11) is -0.304. The van der Waals surface area contributed by atoms with Gasteiger partial charge in [-0.1, -0.05) is 12.0 Å². The van der Waals surface area contributed by atoms with E-state index < -0.39 is 0 Å². The first-order valence-electron chi connectivity index (χ1n) is 5.86. The third kappa shape index (κ3) is 2.59. The van der Waals surface area contributed by atoms with Crippen molar-refractivity contribution in [1.82, 2.24) is 4.98 Å². The second-order valence-corrected chi connectivity index (χ2v) is 5.24. The van der Waals surface area contributed by atoms with Gasteiger partial charge in [0.25, 0.3) is 0 Å². The van der Waals surface area contributed by atoms with Crippen molar-refractivity contribution in [3.8, 4) is 0 Å². The van der Waals surface area contributed by atoms with Gasteiger partial charge in [0.15, 0.2) is 0 Å². The maximum atomic E-state index is 5.85. The van der Waals surface area contributed by atoms with E-state index in [1.807, 2.05) is 57.9 Å². The van der Waals surface area contributed by atoms with Gasteiger partial charge in [0.05, 0.1) is 16.9 Å². The van der Waals surface area contributed by atoms with Crippen LogP contribution in [0.4, 0.5) is 0 Å². The zero-order chi connectivity index (χ0) is 12.5. The van der Waals surface area contributed by atoms with E-state index in [-0.39, 0.29) is 18.3 Å². The molecule has 0 aliphatic carbocycles. The van der Waals surface area contributed by atoms with Crippen LogP contribution in [0.1, 0.15) is 33.4 Å². The molecule has 0 saturated carbocycles. The van der Waals surface area contributed by atoms with Gasteiger partial charge in [-0.2, -0.15) is 0 Å². The molecule has 0 amide bonds. The van der Waals surface area contributed by atoms with Crippen LogP contribution in [0, 0.1) is 0 Å². The van der Waals surface area contributed by atoms with Crippen molar-refractivity contribution >= 4 is 13.2 Å². The molecule has 0 atom stereocenters. The number of rotatable bonds is 2. The molecule has 4 heteroatoms. The summed E-state index contributed by atoms with van der Waals surface area (Å²) >= 11 is 0. The molecule has 2 heterocycles. The third-order valence-electron chi connectivity index (χ3n) is 3.38. The Kier molecular flexibility index (Phi) is 3.10. The van der Waals surface area contributed by atoms with E-state index in [0.717, 1.165) is 5.69 Å². The predicted octanol–water partition coefficient (Wildman–Crippen LogP) is 2.73. The highest BCUT2D eigenvalue weighted by Gasteiger charge is 2.49. The number of nitrogens with zero attached hydrogens (tertiary/aromatic N) is 1. The molecule has 0 radical (unpaired) electrons. The average molecular weight is 231 g/mol. The molecule has 1 aliphatic heterocycles. The molecular formula is C13H18BNO2. The Morgan fingerprint density at radius 2 is 1.76 bits per heavy atom. The summed E-state index contributed by atoms with van der Waals surface area (Å²) in [5.41, 5.74) is 0.334. The van der Waals surface area contributed by atoms with Crippen molar-refractivity contribution in [3.05, 3.63) is 36.1 Å². The first-order chi connectivity index (χ1) is 7.91. The fourth-order valence-corrected chi connectivity index (χ4v) is 1.62. The molecule has 0 N–H and O–H groups in total. The maximum absolute atomic E-state index is 5.85. The Morgan fingerprint density at radius 1 is 1.12 bits per heavy atom. The minimum atomic E-state index is -0.304. The molecule has 3 nitrogen and oxygen atoms in total. The third-order valence-corrected chi connectivity index (χ3v) is 3.38. The molecule has 0 bridgehead atoms. The van der Waals surface area contributed by atoms with Crippen molar-refractivity contribution in [2.75, 3.05) is 0 Å². The second-order valence-electron chi connectivity index (χ2n) is 5.24. The van der Waals surface area contributed by atoms with Crippen LogP contribution >= 0.6 is 0 Å². The lowest BCUT2D eigenvalue weighted by Crippen LogP contribution is -2.41. The molecule has 2 rings (SSSR count). The molecule has 0 unspecified atom stereocenters. The van der Waals surface area contributed by atoms with Gasteiger partial charge in [0.1, 0.15) is 0 Å². The summed E-state index contributed by atoms with van der Waals surface area (Å²) in [5, 5.41) is 0. The second kappa shape index (κ2) is 4.28. The highest BCUT2D eigenvalue weighted by atomic mass is 16.7. The largest absolute Gasteiger partial charge is 0.487 e. The Labute approximate surface area is 103 Å². The lowest BCUT2D eigenvalue weighted by Gasteiger charge is -2.32. The fourth-order valence-electron chi connectivity index (χ4n) is 1.62. The molecule has 90 valence electrons. The van der Waals surface area contributed by atoms with Crippen molar-refractivity contribution < 1.29 is 9.31 Å². The number of hydrogen-bond donors (Lipinski definition) is 0. The molecule has 0 aromatic carbocycles. The molecule has 1 aliphatic rings. The number of pyridine rings is 1.